The lowest BCUT2D eigenvalue weighted by atomic mass is 9.75. The highest BCUT2D eigenvalue weighted by Crippen LogP contribution is 2.58. The van der Waals surface area contributed by atoms with Crippen molar-refractivity contribution in [3.05, 3.63) is 0 Å². The standard InChI is InChI=1S/C16H22F8O2/c1-7-3-4-10(13(17,25)15(19,20)21)12(7)9-5-8(2)11(6-9)14(18,26)16(22,23)24/h7-12,25-26H,3-6H2,1-2H3. The van der Waals surface area contributed by atoms with E-state index in [-0.39, 0.29) is 19.3 Å². The molecule has 2 aliphatic carbocycles. The van der Waals surface area contributed by atoms with Crippen molar-refractivity contribution in [2.45, 2.75) is 63.6 Å². The Hall–Kier alpha value is -0.640. The highest BCUT2D eigenvalue weighted by molar-refractivity contribution is 5.01. The molecule has 26 heavy (non-hydrogen) atoms. The average molecular weight is 398 g/mol. The van der Waals surface area contributed by atoms with Crippen molar-refractivity contribution in [3.63, 3.8) is 0 Å². The lowest BCUT2D eigenvalue weighted by Crippen LogP contribution is -2.50. The second-order valence-electron chi connectivity index (χ2n) is 7.90. The first-order valence-electron chi connectivity index (χ1n) is 8.47. The van der Waals surface area contributed by atoms with Gasteiger partial charge in [0.05, 0.1) is 0 Å². The summed E-state index contributed by atoms with van der Waals surface area (Å²) in [6.45, 7) is 2.82. The molecule has 0 amide bonds. The van der Waals surface area contributed by atoms with Gasteiger partial charge >= 0.3 is 24.1 Å². The molecule has 0 aromatic rings. The molecule has 0 heterocycles. The summed E-state index contributed by atoms with van der Waals surface area (Å²) in [5, 5.41) is 18.7. The van der Waals surface area contributed by atoms with Crippen LogP contribution in [0.25, 0.3) is 0 Å². The Morgan fingerprint density at radius 2 is 1.12 bits per heavy atom. The summed E-state index contributed by atoms with van der Waals surface area (Å²) in [4.78, 5) is 0. The zero-order valence-corrected chi connectivity index (χ0v) is 14.2. The van der Waals surface area contributed by atoms with Crippen LogP contribution < -0.4 is 0 Å². The first-order valence-corrected chi connectivity index (χ1v) is 8.47. The van der Waals surface area contributed by atoms with Gasteiger partial charge in [-0.25, -0.2) is 8.78 Å². The Balaban J connectivity index is 2.27. The van der Waals surface area contributed by atoms with Crippen molar-refractivity contribution < 1.29 is 45.3 Å². The fraction of sp³-hybridized carbons (Fsp3) is 1.00. The van der Waals surface area contributed by atoms with E-state index in [4.69, 9.17) is 0 Å². The third-order valence-corrected chi connectivity index (χ3v) is 6.30. The number of aliphatic hydroxyl groups is 2. The molecule has 154 valence electrons. The van der Waals surface area contributed by atoms with Gasteiger partial charge in [-0.1, -0.05) is 13.8 Å². The minimum Gasteiger partial charge on any atom is -0.355 e. The number of alkyl halides is 8. The Morgan fingerprint density at radius 3 is 1.58 bits per heavy atom. The lowest BCUT2D eigenvalue weighted by molar-refractivity contribution is -0.343. The molecule has 0 saturated heterocycles. The molecule has 8 unspecified atom stereocenters. The number of hydrogen-bond donors (Lipinski definition) is 2. The molecule has 2 saturated carbocycles. The fourth-order valence-electron chi connectivity index (χ4n) is 5.03. The smallest absolute Gasteiger partial charge is 0.355 e. The maximum Gasteiger partial charge on any atom is 0.448 e. The van der Waals surface area contributed by atoms with Gasteiger partial charge in [0.25, 0.3) is 0 Å². The maximum absolute atomic E-state index is 14.1. The number of halogens is 8. The van der Waals surface area contributed by atoms with Crippen LogP contribution in [0.3, 0.4) is 0 Å². The molecule has 2 aliphatic rings. The Bertz CT molecular complexity index is 513. The molecule has 0 radical (unpaired) electrons. The molecular formula is C16H22F8O2. The van der Waals surface area contributed by atoms with Crippen LogP contribution >= 0.6 is 0 Å². The molecule has 0 bridgehead atoms. The topological polar surface area (TPSA) is 40.5 Å². The molecule has 2 N–H and O–H groups in total. The Labute approximate surface area is 145 Å². The summed E-state index contributed by atoms with van der Waals surface area (Å²) in [5.41, 5.74) is 0. The third-order valence-electron chi connectivity index (χ3n) is 6.30. The summed E-state index contributed by atoms with van der Waals surface area (Å²) in [6.07, 6.45) is -11.8. The highest BCUT2D eigenvalue weighted by atomic mass is 19.4. The summed E-state index contributed by atoms with van der Waals surface area (Å²) in [7, 11) is 0. The van der Waals surface area contributed by atoms with E-state index in [1.807, 2.05) is 0 Å². The van der Waals surface area contributed by atoms with Crippen LogP contribution in [0, 0.1) is 35.5 Å². The highest BCUT2D eigenvalue weighted by Gasteiger charge is 2.67. The SMILES string of the molecule is CC1CCC(C(O)(F)C(F)(F)F)C1C1CC(C)C(C(O)(F)C(F)(F)F)C1. The second-order valence-corrected chi connectivity index (χ2v) is 7.90. The van der Waals surface area contributed by atoms with Gasteiger partial charge in [0.1, 0.15) is 0 Å². The van der Waals surface area contributed by atoms with Gasteiger partial charge < -0.3 is 10.2 Å². The quantitative estimate of drug-likeness (QED) is 0.674. The van der Waals surface area contributed by atoms with E-state index in [1.54, 1.807) is 6.92 Å². The molecule has 0 aliphatic heterocycles. The van der Waals surface area contributed by atoms with E-state index >= 15 is 0 Å². The van der Waals surface area contributed by atoms with Crippen LogP contribution in [-0.4, -0.2) is 34.3 Å². The zero-order valence-electron chi connectivity index (χ0n) is 14.2. The van der Waals surface area contributed by atoms with E-state index < -0.39 is 66.0 Å². The molecule has 0 spiro atoms. The normalized spacial score (nSPS) is 41.1. The van der Waals surface area contributed by atoms with Gasteiger partial charge in [-0.15, -0.1) is 0 Å². The summed E-state index contributed by atoms with van der Waals surface area (Å²) < 4.78 is 105. The monoisotopic (exact) mass is 398 g/mol. The maximum atomic E-state index is 14.1. The van der Waals surface area contributed by atoms with Crippen LogP contribution in [0.5, 0.6) is 0 Å². The molecule has 2 rings (SSSR count). The van der Waals surface area contributed by atoms with Gasteiger partial charge in [-0.3, -0.25) is 0 Å². The van der Waals surface area contributed by atoms with Crippen molar-refractivity contribution in [3.8, 4) is 0 Å². The van der Waals surface area contributed by atoms with E-state index in [1.165, 1.54) is 6.92 Å². The molecule has 8 atom stereocenters. The molecule has 2 nitrogen and oxygen atoms in total. The summed E-state index contributed by atoms with van der Waals surface area (Å²) in [5.74, 6) is -15.9. The van der Waals surface area contributed by atoms with E-state index in [2.05, 4.69) is 0 Å². The van der Waals surface area contributed by atoms with Crippen molar-refractivity contribution in [2.24, 2.45) is 35.5 Å². The minimum atomic E-state index is -5.53. The molecule has 10 heteroatoms. The number of rotatable bonds is 3. The van der Waals surface area contributed by atoms with Gasteiger partial charge in [0.15, 0.2) is 0 Å². The number of hydrogen-bond acceptors (Lipinski definition) is 2. The van der Waals surface area contributed by atoms with Gasteiger partial charge in [0.2, 0.25) is 0 Å². The molecule has 0 aromatic carbocycles. The van der Waals surface area contributed by atoms with E-state index in [0.29, 0.717) is 0 Å². The molecule has 2 fully saturated rings. The van der Waals surface area contributed by atoms with Crippen LogP contribution in [-0.2, 0) is 0 Å². The Kier molecular flexibility index (Phi) is 5.38. The van der Waals surface area contributed by atoms with Crippen LogP contribution in [0.2, 0.25) is 0 Å². The van der Waals surface area contributed by atoms with Gasteiger partial charge in [-0.05, 0) is 49.4 Å². The van der Waals surface area contributed by atoms with E-state index in [0.717, 1.165) is 0 Å². The zero-order chi connectivity index (χ0) is 20.3. The lowest BCUT2D eigenvalue weighted by Gasteiger charge is -2.36. The molecular weight excluding hydrogens is 376 g/mol. The second kappa shape index (κ2) is 6.46. The predicted molar refractivity (Wildman–Crippen MR) is 75.0 cm³/mol. The molecule has 0 aromatic heterocycles. The first kappa shape index (κ1) is 21.7. The van der Waals surface area contributed by atoms with Crippen LogP contribution in [0.1, 0.15) is 39.5 Å². The van der Waals surface area contributed by atoms with Crippen LogP contribution in [0.4, 0.5) is 35.1 Å². The fourth-order valence-corrected chi connectivity index (χ4v) is 5.03. The summed E-state index contributed by atoms with van der Waals surface area (Å²) >= 11 is 0. The van der Waals surface area contributed by atoms with Crippen molar-refractivity contribution >= 4 is 0 Å². The minimum absolute atomic E-state index is 0.0770. The van der Waals surface area contributed by atoms with Crippen molar-refractivity contribution in [1.82, 2.24) is 0 Å². The summed E-state index contributed by atoms with van der Waals surface area (Å²) in [6, 6.07) is 0. The van der Waals surface area contributed by atoms with Crippen molar-refractivity contribution in [2.75, 3.05) is 0 Å². The van der Waals surface area contributed by atoms with E-state index in [9.17, 15) is 45.3 Å². The van der Waals surface area contributed by atoms with Gasteiger partial charge in [0, 0.05) is 11.8 Å². The van der Waals surface area contributed by atoms with Crippen LogP contribution in [0.15, 0.2) is 0 Å². The third kappa shape index (κ3) is 3.43. The predicted octanol–water partition coefficient (Wildman–Crippen LogP) is 4.75. The first-order chi connectivity index (χ1) is 11.5. The van der Waals surface area contributed by atoms with Crippen molar-refractivity contribution in [1.29, 1.82) is 0 Å². The van der Waals surface area contributed by atoms with Gasteiger partial charge in [-0.2, -0.15) is 26.3 Å². The average Bonchev–Trinajstić information content (AvgIpc) is 2.99. The largest absolute Gasteiger partial charge is 0.448 e. The Morgan fingerprint density at radius 1 is 0.654 bits per heavy atom.